The van der Waals surface area contributed by atoms with E-state index in [4.69, 9.17) is 33.2 Å². The summed E-state index contributed by atoms with van der Waals surface area (Å²) in [5.41, 5.74) is 1.21. The Morgan fingerprint density at radius 3 is 1.96 bits per heavy atom. The van der Waals surface area contributed by atoms with E-state index >= 15 is 0 Å². The Bertz CT molecular complexity index is 1950. The smallest absolute Gasteiger partial charge is 0.343 e. The molecule has 0 spiro atoms. The van der Waals surface area contributed by atoms with Crippen LogP contribution in [-0.2, 0) is 20.7 Å². The minimum atomic E-state index is -0.540. The molecule has 49 heavy (non-hydrogen) atoms. The summed E-state index contributed by atoms with van der Waals surface area (Å²) >= 11 is 0. The summed E-state index contributed by atoms with van der Waals surface area (Å²) in [6.07, 6.45) is 3.81. The van der Waals surface area contributed by atoms with Gasteiger partial charge in [-0.15, -0.1) is 0 Å². The van der Waals surface area contributed by atoms with Crippen LogP contribution in [0.25, 0.3) is 21.5 Å². The molecule has 0 amide bonds. The highest BCUT2D eigenvalue weighted by molar-refractivity contribution is 5.97. The van der Waals surface area contributed by atoms with E-state index in [9.17, 15) is 9.59 Å². The van der Waals surface area contributed by atoms with Crippen molar-refractivity contribution in [1.29, 1.82) is 0 Å². The highest BCUT2D eigenvalue weighted by Gasteiger charge is 2.14. The topological polar surface area (TPSA) is 98.8 Å². The van der Waals surface area contributed by atoms with Gasteiger partial charge in [-0.1, -0.05) is 44.3 Å². The molecule has 0 N–H and O–H groups in total. The fourth-order valence-electron chi connectivity index (χ4n) is 4.93. The average molecular weight is 663 g/mol. The van der Waals surface area contributed by atoms with Crippen LogP contribution in [-0.4, -0.2) is 38.2 Å². The van der Waals surface area contributed by atoms with Gasteiger partial charge in [0.05, 0.1) is 24.5 Å². The largest absolute Gasteiger partial charge is 0.493 e. The van der Waals surface area contributed by atoms with Gasteiger partial charge in [0.15, 0.2) is 6.79 Å². The molecule has 0 fully saturated rings. The van der Waals surface area contributed by atoms with Gasteiger partial charge in [-0.3, -0.25) is 0 Å². The molecule has 0 aromatic heterocycles. The third-order valence-corrected chi connectivity index (χ3v) is 7.61. The predicted octanol–water partition coefficient (Wildman–Crippen LogP) is 8.57. The molecule has 5 aromatic carbocycles. The Morgan fingerprint density at radius 2 is 1.29 bits per heavy atom. The number of hydrogen-bond donors (Lipinski definition) is 0. The number of fused-ring (bicyclic) bond motifs is 2. The number of hydrogen-bond acceptors (Lipinski definition) is 9. The first kappa shape index (κ1) is 34.5. The monoisotopic (exact) mass is 662 g/mol. The molecule has 0 aliphatic rings. The summed E-state index contributed by atoms with van der Waals surface area (Å²) in [5, 5.41) is 3.64. The number of benzene rings is 5. The zero-order chi connectivity index (χ0) is 34.6. The average Bonchev–Trinajstić information content (AvgIpc) is 3.12. The number of rotatable bonds is 17. The zero-order valence-corrected chi connectivity index (χ0v) is 27.5. The lowest BCUT2D eigenvalue weighted by Gasteiger charge is -2.14. The molecule has 1 atom stereocenters. The van der Waals surface area contributed by atoms with E-state index in [1.54, 1.807) is 48.5 Å². The van der Waals surface area contributed by atoms with E-state index in [1.165, 1.54) is 6.26 Å². The number of carbonyl (C=O) groups is 2. The van der Waals surface area contributed by atoms with Crippen molar-refractivity contribution < 1.29 is 42.7 Å². The first-order chi connectivity index (χ1) is 23.8. The Labute approximate surface area is 285 Å². The summed E-state index contributed by atoms with van der Waals surface area (Å²) in [5.74, 6) is 1.85. The second kappa shape index (κ2) is 16.9. The fraction of sp³-hybridized carbons (Fsp3) is 0.200. The molecule has 0 bridgehead atoms. The summed E-state index contributed by atoms with van der Waals surface area (Å²) < 4.78 is 39.1. The molecule has 9 nitrogen and oxygen atoms in total. The molecule has 0 aliphatic heterocycles. The van der Waals surface area contributed by atoms with E-state index in [1.807, 2.05) is 56.3 Å². The van der Waals surface area contributed by atoms with E-state index in [2.05, 4.69) is 13.2 Å². The van der Waals surface area contributed by atoms with Crippen LogP contribution in [0.1, 0.15) is 36.2 Å². The van der Waals surface area contributed by atoms with Crippen LogP contribution in [0.15, 0.2) is 116 Å². The first-order valence-corrected chi connectivity index (χ1v) is 15.8. The van der Waals surface area contributed by atoms with Crippen LogP contribution in [0.5, 0.6) is 28.7 Å². The van der Waals surface area contributed by atoms with Crippen molar-refractivity contribution in [1.82, 2.24) is 0 Å². The summed E-state index contributed by atoms with van der Waals surface area (Å²) in [6, 6.07) is 27.3. The van der Waals surface area contributed by atoms with Crippen LogP contribution >= 0.6 is 0 Å². The molecule has 0 aliphatic carbocycles. The Morgan fingerprint density at radius 1 is 0.694 bits per heavy atom. The van der Waals surface area contributed by atoms with Gasteiger partial charge < -0.3 is 33.2 Å². The third kappa shape index (κ3) is 9.62. The van der Waals surface area contributed by atoms with Gasteiger partial charge in [0, 0.05) is 12.5 Å². The normalized spacial score (nSPS) is 11.4. The van der Waals surface area contributed by atoms with Crippen LogP contribution in [0.2, 0.25) is 0 Å². The number of esters is 2. The van der Waals surface area contributed by atoms with Crippen molar-refractivity contribution >= 4 is 33.5 Å². The standard InChI is InChI=1S/C40H38O9/c1-5-28-21-36(16-17-38(28)49-40(42)33-9-8-30-24-37(48-39(41)6-2)15-12-29(30)20-33)47-26-46-35-14-11-31-22-34(13-10-32(31)23-35)44-19-18-27(4)45-25-43-7-3/h6-17,20-24,27H,2-3,5,18-19,25-26H2,1,4H3. The van der Waals surface area contributed by atoms with Crippen molar-refractivity contribution in [2.24, 2.45) is 0 Å². The summed E-state index contributed by atoms with van der Waals surface area (Å²) in [6.45, 7) is 11.5. The van der Waals surface area contributed by atoms with Gasteiger partial charge in [-0.05, 0) is 107 Å². The summed E-state index contributed by atoms with van der Waals surface area (Å²) in [4.78, 5) is 24.5. The van der Waals surface area contributed by atoms with Crippen molar-refractivity contribution in [3.63, 3.8) is 0 Å². The molecule has 5 aromatic rings. The van der Waals surface area contributed by atoms with Gasteiger partial charge in [0.25, 0.3) is 0 Å². The van der Waals surface area contributed by atoms with Gasteiger partial charge in [-0.2, -0.15) is 0 Å². The molecular formula is C40H38O9. The second-order valence-corrected chi connectivity index (χ2v) is 11.0. The highest BCUT2D eigenvalue weighted by atomic mass is 16.7. The minimum absolute atomic E-state index is 0.00131. The number of carbonyl (C=O) groups excluding carboxylic acids is 2. The summed E-state index contributed by atoms with van der Waals surface area (Å²) in [7, 11) is 0. The van der Waals surface area contributed by atoms with Crippen molar-refractivity contribution in [2.45, 2.75) is 32.8 Å². The second-order valence-electron chi connectivity index (χ2n) is 11.0. The SMILES string of the molecule is C=COCOC(C)CCOc1ccc2cc(OCOc3ccc(OC(=O)c4ccc5cc(OC(=O)C=C)ccc5c4)c(CC)c3)ccc2c1. The molecule has 252 valence electrons. The van der Waals surface area contributed by atoms with Gasteiger partial charge in [0.2, 0.25) is 6.79 Å². The Kier molecular flexibility index (Phi) is 11.9. The zero-order valence-electron chi connectivity index (χ0n) is 27.5. The van der Waals surface area contributed by atoms with Crippen LogP contribution < -0.4 is 23.7 Å². The molecule has 0 radical (unpaired) electrons. The van der Waals surface area contributed by atoms with Gasteiger partial charge in [0.1, 0.15) is 28.7 Å². The van der Waals surface area contributed by atoms with Crippen LogP contribution in [0.4, 0.5) is 0 Å². The van der Waals surface area contributed by atoms with Gasteiger partial charge in [-0.25, -0.2) is 9.59 Å². The maximum Gasteiger partial charge on any atom is 0.343 e. The Balaban J connectivity index is 1.13. The lowest BCUT2D eigenvalue weighted by Crippen LogP contribution is -2.14. The lowest BCUT2D eigenvalue weighted by atomic mass is 10.1. The van der Waals surface area contributed by atoms with E-state index in [0.717, 1.165) is 45.4 Å². The van der Waals surface area contributed by atoms with Crippen molar-refractivity contribution in [3.8, 4) is 28.7 Å². The molecule has 0 saturated heterocycles. The molecule has 1 unspecified atom stereocenters. The fourth-order valence-corrected chi connectivity index (χ4v) is 4.93. The predicted molar refractivity (Wildman–Crippen MR) is 187 cm³/mol. The lowest BCUT2D eigenvalue weighted by molar-refractivity contribution is -0.128. The highest BCUT2D eigenvalue weighted by Crippen LogP contribution is 2.29. The van der Waals surface area contributed by atoms with E-state index in [0.29, 0.717) is 41.6 Å². The molecule has 0 saturated carbocycles. The maximum absolute atomic E-state index is 13.0. The minimum Gasteiger partial charge on any atom is -0.493 e. The molecule has 0 heterocycles. The Hall–Kier alpha value is -5.80. The van der Waals surface area contributed by atoms with E-state index < -0.39 is 11.9 Å². The van der Waals surface area contributed by atoms with Crippen molar-refractivity contribution in [2.75, 3.05) is 20.2 Å². The van der Waals surface area contributed by atoms with Gasteiger partial charge >= 0.3 is 11.9 Å². The maximum atomic E-state index is 13.0. The van der Waals surface area contributed by atoms with E-state index in [-0.39, 0.29) is 19.7 Å². The molecule has 5 rings (SSSR count). The van der Waals surface area contributed by atoms with Crippen molar-refractivity contribution in [3.05, 3.63) is 128 Å². The third-order valence-electron chi connectivity index (χ3n) is 7.61. The quantitative estimate of drug-likeness (QED) is 0.0242. The molecule has 9 heteroatoms. The van der Waals surface area contributed by atoms with Crippen LogP contribution in [0, 0.1) is 0 Å². The number of ether oxygens (including phenoxy) is 7. The number of aryl methyl sites for hydroxylation is 1. The molecular weight excluding hydrogens is 624 g/mol. The first-order valence-electron chi connectivity index (χ1n) is 15.8. The van der Waals surface area contributed by atoms with Crippen LogP contribution in [0.3, 0.4) is 0 Å².